The van der Waals surface area contributed by atoms with E-state index in [9.17, 15) is 19.7 Å². The molecule has 1 heterocycles. The number of aromatic nitrogens is 2. The van der Waals surface area contributed by atoms with Gasteiger partial charge in [0.05, 0.1) is 30.7 Å². The number of nitrogens with two attached hydrogens (primary N) is 1. The summed E-state index contributed by atoms with van der Waals surface area (Å²) in [5.74, 6) is -1.94. The SMILES string of the molecule is COc1ccc(-c2nn(CCC(=O)O)cc2C=C(C#N)C(N)=O)cc1[N+](=O)[O-]. The van der Waals surface area contributed by atoms with Crippen molar-refractivity contribution < 1.29 is 24.4 Å². The number of ether oxygens (including phenoxy) is 1. The summed E-state index contributed by atoms with van der Waals surface area (Å²) in [6, 6.07) is 5.80. The zero-order valence-electron chi connectivity index (χ0n) is 14.7. The maximum Gasteiger partial charge on any atom is 0.311 e. The highest BCUT2D eigenvalue weighted by molar-refractivity contribution is 6.01. The molecule has 0 aliphatic rings. The van der Waals surface area contributed by atoms with Crippen molar-refractivity contribution in [2.75, 3.05) is 7.11 Å². The number of nitro benzene ring substituents is 1. The van der Waals surface area contributed by atoms with Gasteiger partial charge in [-0.3, -0.25) is 24.4 Å². The molecule has 1 aromatic carbocycles. The quantitative estimate of drug-likeness (QED) is 0.296. The number of aliphatic carboxylic acids is 1. The molecular weight excluding hydrogens is 370 g/mol. The van der Waals surface area contributed by atoms with Gasteiger partial charge in [0, 0.05) is 23.4 Å². The van der Waals surface area contributed by atoms with Crippen LogP contribution in [0.25, 0.3) is 17.3 Å². The monoisotopic (exact) mass is 385 g/mol. The molecule has 144 valence electrons. The van der Waals surface area contributed by atoms with Gasteiger partial charge in [-0.25, -0.2) is 0 Å². The highest BCUT2D eigenvalue weighted by Gasteiger charge is 2.19. The number of carboxylic acids is 1. The molecule has 2 rings (SSSR count). The second-order valence-electron chi connectivity index (χ2n) is 5.52. The van der Waals surface area contributed by atoms with E-state index < -0.39 is 16.8 Å². The van der Waals surface area contributed by atoms with Crippen molar-refractivity contribution in [1.29, 1.82) is 5.26 Å². The molecule has 0 unspecified atom stereocenters. The molecule has 0 fully saturated rings. The molecule has 3 N–H and O–H groups in total. The van der Waals surface area contributed by atoms with Crippen LogP contribution in [0, 0.1) is 21.4 Å². The summed E-state index contributed by atoms with van der Waals surface area (Å²) in [5.41, 5.74) is 5.31. The van der Waals surface area contributed by atoms with Crippen LogP contribution in [0.2, 0.25) is 0 Å². The van der Waals surface area contributed by atoms with Crippen LogP contribution >= 0.6 is 0 Å². The van der Waals surface area contributed by atoms with E-state index >= 15 is 0 Å². The third kappa shape index (κ3) is 4.50. The summed E-state index contributed by atoms with van der Waals surface area (Å²) >= 11 is 0. The predicted molar refractivity (Wildman–Crippen MR) is 95.9 cm³/mol. The number of hydrogen-bond donors (Lipinski definition) is 2. The standard InChI is InChI=1S/C17H15N5O6/c1-28-14-3-2-10(7-13(14)22(26)27)16-12(6-11(8-18)17(19)25)9-21(20-16)5-4-15(23)24/h2-3,6-7,9H,4-5H2,1H3,(H2,19,25)(H,23,24). The lowest BCUT2D eigenvalue weighted by molar-refractivity contribution is -0.385. The molecule has 0 saturated heterocycles. The van der Waals surface area contributed by atoms with Crippen LogP contribution in [0.3, 0.4) is 0 Å². The van der Waals surface area contributed by atoms with Gasteiger partial charge in [-0.05, 0) is 18.2 Å². The number of aryl methyl sites for hydroxylation is 1. The zero-order chi connectivity index (χ0) is 20.8. The predicted octanol–water partition coefficient (Wildman–Crippen LogP) is 1.33. The van der Waals surface area contributed by atoms with Crippen molar-refractivity contribution in [3.05, 3.63) is 45.6 Å². The summed E-state index contributed by atoms with van der Waals surface area (Å²) in [6.45, 7) is 0.0207. The van der Waals surface area contributed by atoms with E-state index in [0.29, 0.717) is 5.56 Å². The Morgan fingerprint density at radius 3 is 2.75 bits per heavy atom. The third-order valence-corrected chi connectivity index (χ3v) is 3.68. The lowest BCUT2D eigenvalue weighted by atomic mass is 10.0. The van der Waals surface area contributed by atoms with Gasteiger partial charge in [0.2, 0.25) is 0 Å². The fraction of sp³-hybridized carbons (Fsp3) is 0.176. The number of methoxy groups -OCH3 is 1. The summed E-state index contributed by atoms with van der Waals surface area (Å²) in [7, 11) is 1.29. The molecule has 11 heteroatoms. The van der Waals surface area contributed by atoms with Gasteiger partial charge in [-0.1, -0.05) is 0 Å². The van der Waals surface area contributed by atoms with Gasteiger partial charge in [0.1, 0.15) is 11.6 Å². The minimum atomic E-state index is -1.04. The van der Waals surface area contributed by atoms with Crippen LogP contribution in [0.5, 0.6) is 5.75 Å². The average molecular weight is 385 g/mol. The van der Waals surface area contributed by atoms with E-state index in [2.05, 4.69) is 5.10 Å². The molecule has 0 atom stereocenters. The summed E-state index contributed by atoms with van der Waals surface area (Å²) in [5, 5.41) is 33.4. The normalized spacial score (nSPS) is 10.9. The molecule has 11 nitrogen and oxygen atoms in total. The van der Waals surface area contributed by atoms with Crippen LogP contribution in [-0.4, -0.2) is 38.8 Å². The maximum absolute atomic E-state index is 11.4. The van der Waals surface area contributed by atoms with Crippen molar-refractivity contribution in [1.82, 2.24) is 9.78 Å². The van der Waals surface area contributed by atoms with Gasteiger partial charge >= 0.3 is 11.7 Å². The Bertz CT molecular complexity index is 1020. The van der Waals surface area contributed by atoms with E-state index in [4.69, 9.17) is 20.8 Å². The number of nitro groups is 1. The molecule has 0 spiro atoms. The molecule has 28 heavy (non-hydrogen) atoms. The van der Waals surface area contributed by atoms with E-state index in [-0.39, 0.29) is 41.2 Å². The summed E-state index contributed by atoms with van der Waals surface area (Å²) in [6.07, 6.45) is 2.40. The molecule has 2 aromatic rings. The molecule has 0 aliphatic carbocycles. The number of nitriles is 1. The number of carbonyl (C=O) groups excluding carboxylic acids is 1. The first-order valence-corrected chi connectivity index (χ1v) is 7.80. The average Bonchev–Trinajstić information content (AvgIpc) is 3.06. The topological polar surface area (TPSA) is 174 Å². The minimum absolute atomic E-state index is 0.0207. The number of hydrogen-bond acceptors (Lipinski definition) is 7. The number of carbonyl (C=O) groups is 2. The lowest BCUT2D eigenvalue weighted by Gasteiger charge is -2.04. The highest BCUT2D eigenvalue weighted by Crippen LogP contribution is 2.33. The molecule has 0 radical (unpaired) electrons. The summed E-state index contributed by atoms with van der Waals surface area (Å²) < 4.78 is 6.27. The van der Waals surface area contributed by atoms with E-state index in [0.717, 1.165) is 0 Å². The van der Waals surface area contributed by atoms with Crippen LogP contribution in [0.1, 0.15) is 12.0 Å². The Balaban J connectivity index is 2.63. The van der Waals surface area contributed by atoms with Crippen LogP contribution in [0.15, 0.2) is 30.0 Å². The maximum atomic E-state index is 11.4. The number of rotatable bonds is 8. The first kappa shape index (κ1) is 20.1. The van der Waals surface area contributed by atoms with E-state index in [1.165, 1.54) is 42.3 Å². The van der Waals surface area contributed by atoms with Crippen molar-refractivity contribution in [3.8, 4) is 23.1 Å². The second-order valence-corrected chi connectivity index (χ2v) is 5.52. The Kier molecular flexibility index (Phi) is 6.07. The Morgan fingerprint density at radius 1 is 1.50 bits per heavy atom. The molecule has 0 bridgehead atoms. The van der Waals surface area contributed by atoms with Gasteiger partial charge in [-0.2, -0.15) is 10.4 Å². The highest BCUT2D eigenvalue weighted by atomic mass is 16.6. The number of carboxylic acid groups (broad SMARTS) is 1. The molecule has 1 amide bonds. The van der Waals surface area contributed by atoms with Crippen LogP contribution < -0.4 is 10.5 Å². The smallest absolute Gasteiger partial charge is 0.311 e. The van der Waals surface area contributed by atoms with Gasteiger partial charge in [0.15, 0.2) is 5.75 Å². The zero-order valence-corrected chi connectivity index (χ0v) is 14.7. The summed E-state index contributed by atoms with van der Waals surface area (Å²) in [4.78, 5) is 32.8. The van der Waals surface area contributed by atoms with Gasteiger partial charge in [-0.15, -0.1) is 0 Å². The fourth-order valence-electron chi connectivity index (χ4n) is 2.39. The molecule has 1 aromatic heterocycles. The number of benzene rings is 1. The first-order valence-electron chi connectivity index (χ1n) is 7.80. The first-order chi connectivity index (χ1) is 13.3. The van der Waals surface area contributed by atoms with Crippen LogP contribution in [-0.2, 0) is 16.1 Å². The van der Waals surface area contributed by atoms with E-state index in [1.54, 1.807) is 6.07 Å². The van der Waals surface area contributed by atoms with Gasteiger partial charge < -0.3 is 15.6 Å². The molecule has 0 aliphatic heterocycles. The van der Waals surface area contributed by atoms with Crippen LogP contribution in [0.4, 0.5) is 5.69 Å². The Morgan fingerprint density at radius 2 is 2.21 bits per heavy atom. The van der Waals surface area contributed by atoms with Crippen molar-refractivity contribution in [3.63, 3.8) is 0 Å². The molecular formula is C17H15N5O6. The van der Waals surface area contributed by atoms with Crippen molar-refractivity contribution in [2.45, 2.75) is 13.0 Å². The Labute approximate surface area is 158 Å². The number of nitrogens with zero attached hydrogens (tertiary/aromatic N) is 4. The van der Waals surface area contributed by atoms with Crippen molar-refractivity contribution in [2.24, 2.45) is 5.73 Å². The number of amides is 1. The second kappa shape index (κ2) is 8.45. The van der Waals surface area contributed by atoms with Gasteiger partial charge in [0.25, 0.3) is 5.91 Å². The fourth-order valence-corrected chi connectivity index (χ4v) is 2.39. The minimum Gasteiger partial charge on any atom is -0.490 e. The Hall–Kier alpha value is -4.20. The van der Waals surface area contributed by atoms with Crippen molar-refractivity contribution >= 4 is 23.6 Å². The molecule has 0 saturated carbocycles. The third-order valence-electron chi connectivity index (χ3n) is 3.68. The lowest BCUT2D eigenvalue weighted by Crippen LogP contribution is -2.12. The number of primary amides is 1. The van der Waals surface area contributed by atoms with E-state index in [1.807, 2.05) is 0 Å². The largest absolute Gasteiger partial charge is 0.490 e.